The third kappa shape index (κ3) is 8.33. The Morgan fingerprint density at radius 1 is 1.44 bits per heavy atom. The Morgan fingerprint density at radius 3 is 1.56 bits per heavy atom. The van der Waals surface area contributed by atoms with Crippen molar-refractivity contribution in [2.75, 3.05) is 7.11 Å². The normalized spacial score (nSPS) is 13.7. The van der Waals surface area contributed by atoms with E-state index in [1.54, 1.807) is 0 Å². The highest BCUT2D eigenvalue weighted by Gasteiger charge is 2.35. The third-order valence-electron chi connectivity index (χ3n) is 0.247. The predicted octanol–water partition coefficient (Wildman–Crippen LogP) is 1.96. The first kappa shape index (κ1) is 12.0. The summed E-state index contributed by atoms with van der Waals surface area (Å²) < 4.78 is 33.3. The van der Waals surface area contributed by atoms with Crippen LogP contribution >= 0.6 is 23.2 Å². The Morgan fingerprint density at radius 2 is 1.56 bits per heavy atom. The van der Waals surface area contributed by atoms with Gasteiger partial charge in [-0.15, -0.1) is 0 Å². The molecule has 0 radical (unpaired) electrons. The molecule has 0 rings (SSSR count). The van der Waals surface area contributed by atoms with Crippen LogP contribution < -0.4 is 0 Å². The van der Waals surface area contributed by atoms with E-state index in [-0.39, 0.29) is 0 Å². The molecule has 6 heteroatoms. The van der Waals surface area contributed by atoms with E-state index in [1.807, 2.05) is 0 Å². The summed E-state index contributed by atoms with van der Waals surface area (Å²) >= 11 is 8.23. The summed E-state index contributed by atoms with van der Waals surface area (Å²) in [5.74, 6) is 0. The number of hydrogen-bond acceptors (Lipinski definition) is 1. The molecule has 0 saturated carbocycles. The molecule has 1 unspecified atom stereocenters. The minimum Gasteiger partial charge on any atom is -0.400 e. The second-order valence-corrected chi connectivity index (χ2v) is 1.73. The molecule has 58 valence electrons. The Hall–Kier alpha value is 0.330. The summed E-state index contributed by atoms with van der Waals surface area (Å²) in [6, 6.07) is 0. The molecule has 0 bridgehead atoms. The lowest BCUT2D eigenvalue weighted by Crippen LogP contribution is -2.16. The van der Waals surface area contributed by atoms with Crippen LogP contribution in [0.1, 0.15) is 0 Å². The quantitative estimate of drug-likeness (QED) is 0.619. The lowest BCUT2D eigenvalue weighted by molar-refractivity contribution is 0.0451. The Bertz CT molecular complexity index is 62.6. The highest BCUT2D eigenvalue weighted by Crippen LogP contribution is 2.28. The molecule has 1 atom stereocenters. The van der Waals surface area contributed by atoms with Crippen molar-refractivity contribution in [1.82, 2.24) is 0 Å². The number of alkyl halides is 5. The number of halogens is 5. The Labute approximate surface area is 60.4 Å². The molecule has 0 aromatic carbocycles. The molecule has 1 nitrogen and oxygen atoms in total. The standard InChI is InChI=1S/C2HCl2F3.CH4O/c3-1(5)2(4,6)7;1-2/h1H;2H,1H3. The van der Waals surface area contributed by atoms with Gasteiger partial charge in [0.25, 0.3) is 5.63 Å². The van der Waals surface area contributed by atoms with Crippen LogP contribution in [0.4, 0.5) is 13.2 Å². The van der Waals surface area contributed by atoms with Gasteiger partial charge in [0.15, 0.2) is 0 Å². The zero-order valence-electron chi connectivity index (χ0n) is 4.41. The smallest absolute Gasteiger partial charge is 0.366 e. The lowest BCUT2D eigenvalue weighted by atomic mass is 10.8. The molecular formula is C3H5Cl2F3O. The average molecular weight is 185 g/mol. The zero-order chi connectivity index (χ0) is 8.08. The topological polar surface area (TPSA) is 20.2 Å². The second kappa shape index (κ2) is 5.14. The molecule has 0 amide bonds. The van der Waals surface area contributed by atoms with Gasteiger partial charge in [-0.2, -0.15) is 8.78 Å². The van der Waals surface area contributed by atoms with Crippen LogP contribution in [0, 0.1) is 0 Å². The maximum atomic E-state index is 11.1. The summed E-state index contributed by atoms with van der Waals surface area (Å²) in [7, 11) is 1.00. The molecule has 9 heavy (non-hydrogen) atoms. The summed E-state index contributed by atoms with van der Waals surface area (Å²) in [5.41, 5.74) is -2.80. The van der Waals surface area contributed by atoms with Crippen LogP contribution in [0.2, 0.25) is 0 Å². The molecule has 1 N–H and O–H groups in total. The van der Waals surface area contributed by atoms with E-state index in [0.29, 0.717) is 0 Å². The lowest BCUT2D eigenvalue weighted by Gasteiger charge is -2.03. The SMILES string of the molecule is CO.FC(Cl)C(F)(F)Cl. The van der Waals surface area contributed by atoms with Gasteiger partial charge in [0.05, 0.1) is 0 Å². The van der Waals surface area contributed by atoms with Gasteiger partial charge < -0.3 is 5.11 Å². The van der Waals surface area contributed by atoms with Crippen LogP contribution in [-0.4, -0.2) is 23.2 Å². The Balaban J connectivity index is 0. The van der Waals surface area contributed by atoms with E-state index in [0.717, 1.165) is 7.11 Å². The van der Waals surface area contributed by atoms with Crippen molar-refractivity contribution in [3.05, 3.63) is 0 Å². The minimum absolute atomic E-state index is 1.00. The van der Waals surface area contributed by atoms with Crippen molar-refractivity contribution in [2.24, 2.45) is 0 Å². The van der Waals surface area contributed by atoms with E-state index in [4.69, 9.17) is 5.11 Å². The summed E-state index contributed by atoms with van der Waals surface area (Å²) in [4.78, 5) is 0. The fourth-order valence-electron chi connectivity index (χ4n) is 0. The highest BCUT2D eigenvalue weighted by atomic mass is 35.5. The predicted molar refractivity (Wildman–Crippen MR) is 29.7 cm³/mol. The van der Waals surface area contributed by atoms with E-state index < -0.39 is 11.0 Å². The van der Waals surface area contributed by atoms with Gasteiger partial charge in [-0.05, 0) is 11.6 Å². The monoisotopic (exact) mass is 184 g/mol. The minimum atomic E-state index is -3.93. The van der Waals surface area contributed by atoms with Crippen LogP contribution in [0.15, 0.2) is 0 Å². The molecule has 0 heterocycles. The first-order chi connectivity index (χ1) is 3.94. The maximum Gasteiger partial charge on any atom is 0.366 e. The van der Waals surface area contributed by atoms with Gasteiger partial charge >= 0.3 is 5.38 Å². The summed E-state index contributed by atoms with van der Waals surface area (Å²) in [5, 5.41) is 3.07. The molecule has 0 fully saturated rings. The summed E-state index contributed by atoms with van der Waals surface area (Å²) in [6.07, 6.45) is 0. The summed E-state index contributed by atoms with van der Waals surface area (Å²) in [6.45, 7) is 0. The van der Waals surface area contributed by atoms with Crippen molar-refractivity contribution < 1.29 is 18.3 Å². The molecule has 0 aliphatic carbocycles. The van der Waals surface area contributed by atoms with Gasteiger partial charge in [0.2, 0.25) is 0 Å². The van der Waals surface area contributed by atoms with Gasteiger partial charge in [0, 0.05) is 7.11 Å². The van der Waals surface area contributed by atoms with Crippen molar-refractivity contribution in [1.29, 1.82) is 0 Å². The molecule has 0 aromatic heterocycles. The van der Waals surface area contributed by atoms with Gasteiger partial charge in [0.1, 0.15) is 0 Å². The van der Waals surface area contributed by atoms with Crippen LogP contribution in [-0.2, 0) is 0 Å². The molecule has 0 aliphatic heterocycles. The molecule has 0 aliphatic rings. The molecule has 0 aromatic rings. The number of rotatable bonds is 1. The van der Waals surface area contributed by atoms with Crippen molar-refractivity contribution >= 4 is 23.2 Å². The van der Waals surface area contributed by atoms with Crippen LogP contribution in [0.25, 0.3) is 0 Å². The van der Waals surface area contributed by atoms with Crippen LogP contribution in [0.5, 0.6) is 0 Å². The first-order valence-electron chi connectivity index (χ1n) is 1.74. The van der Waals surface area contributed by atoms with Crippen molar-refractivity contribution in [3.63, 3.8) is 0 Å². The second-order valence-electron chi connectivity index (χ2n) is 0.842. The van der Waals surface area contributed by atoms with Gasteiger partial charge in [-0.1, -0.05) is 11.6 Å². The van der Waals surface area contributed by atoms with Gasteiger partial charge in [-0.3, -0.25) is 0 Å². The molecule has 0 saturated heterocycles. The van der Waals surface area contributed by atoms with E-state index in [2.05, 4.69) is 23.2 Å². The highest BCUT2D eigenvalue weighted by molar-refractivity contribution is 6.30. The van der Waals surface area contributed by atoms with E-state index in [1.165, 1.54) is 0 Å². The largest absolute Gasteiger partial charge is 0.400 e. The number of hydrogen-bond donors (Lipinski definition) is 1. The fourth-order valence-corrected chi connectivity index (χ4v) is 0. The molecular weight excluding hydrogens is 180 g/mol. The number of aliphatic hydroxyl groups excluding tert-OH is 1. The van der Waals surface area contributed by atoms with Gasteiger partial charge in [-0.25, -0.2) is 4.39 Å². The Kier molecular flexibility index (Phi) is 6.88. The first-order valence-corrected chi connectivity index (χ1v) is 2.55. The van der Waals surface area contributed by atoms with Crippen molar-refractivity contribution in [3.8, 4) is 0 Å². The maximum absolute atomic E-state index is 11.1. The van der Waals surface area contributed by atoms with E-state index in [9.17, 15) is 13.2 Å². The zero-order valence-corrected chi connectivity index (χ0v) is 5.93. The van der Waals surface area contributed by atoms with Crippen LogP contribution in [0.3, 0.4) is 0 Å². The fraction of sp³-hybridized carbons (Fsp3) is 1.00. The average Bonchev–Trinajstić information content (AvgIpc) is 1.69. The van der Waals surface area contributed by atoms with E-state index >= 15 is 0 Å². The number of aliphatic hydroxyl groups is 1. The molecule has 0 spiro atoms. The third-order valence-corrected chi connectivity index (χ3v) is 0.825. The van der Waals surface area contributed by atoms with Crippen molar-refractivity contribution in [2.45, 2.75) is 11.0 Å².